The zero-order chi connectivity index (χ0) is 15.6. The van der Waals surface area contributed by atoms with Crippen molar-refractivity contribution in [3.8, 4) is 0 Å². The molecule has 0 aromatic carbocycles. The molecule has 4 heteroatoms. The molecule has 0 unspecified atom stereocenters. The van der Waals surface area contributed by atoms with Gasteiger partial charge in [0, 0.05) is 13.3 Å². The maximum absolute atomic E-state index is 11.9. The van der Waals surface area contributed by atoms with Gasteiger partial charge in [0.2, 0.25) is 0 Å². The fourth-order valence-corrected chi connectivity index (χ4v) is 3.22. The third-order valence-electron chi connectivity index (χ3n) is 4.33. The van der Waals surface area contributed by atoms with Crippen LogP contribution >= 0.6 is 0 Å². The number of esters is 2. The van der Waals surface area contributed by atoms with Crippen LogP contribution in [0.15, 0.2) is 23.3 Å². The van der Waals surface area contributed by atoms with Gasteiger partial charge < -0.3 is 9.47 Å². The number of ether oxygens (including phenoxy) is 2. The molecule has 0 N–H and O–H groups in total. The van der Waals surface area contributed by atoms with Crippen LogP contribution in [-0.2, 0) is 19.1 Å². The molecule has 21 heavy (non-hydrogen) atoms. The zero-order valence-electron chi connectivity index (χ0n) is 13.2. The van der Waals surface area contributed by atoms with Crippen LogP contribution in [0.2, 0.25) is 0 Å². The fraction of sp³-hybridized carbons (Fsp3) is 0.647. The van der Waals surface area contributed by atoms with Gasteiger partial charge >= 0.3 is 11.9 Å². The lowest BCUT2D eigenvalue weighted by atomic mass is 9.82. The van der Waals surface area contributed by atoms with Crippen molar-refractivity contribution in [1.82, 2.24) is 0 Å². The van der Waals surface area contributed by atoms with E-state index in [2.05, 4.69) is 19.9 Å². The van der Waals surface area contributed by atoms with Crippen molar-refractivity contribution in [2.24, 2.45) is 11.8 Å². The quantitative estimate of drug-likeness (QED) is 0.550. The van der Waals surface area contributed by atoms with Crippen LogP contribution < -0.4 is 0 Å². The summed E-state index contributed by atoms with van der Waals surface area (Å²) in [5.41, 5.74) is 2.40. The summed E-state index contributed by atoms with van der Waals surface area (Å²) in [6, 6.07) is 0. The van der Waals surface area contributed by atoms with E-state index in [0.29, 0.717) is 6.42 Å². The van der Waals surface area contributed by atoms with Crippen LogP contribution in [0.25, 0.3) is 0 Å². The Balaban J connectivity index is 2.36. The molecule has 0 amide bonds. The zero-order valence-corrected chi connectivity index (χ0v) is 13.2. The van der Waals surface area contributed by atoms with E-state index in [1.165, 1.54) is 18.1 Å². The number of allylic oxidation sites excluding steroid dienone is 2. The summed E-state index contributed by atoms with van der Waals surface area (Å²) in [6.07, 6.45) is 6.20. The summed E-state index contributed by atoms with van der Waals surface area (Å²) >= 11 is 0. The van der Waals surface area contributed by atoms with Crippen molar-refractivity contribution < 1.29 is 19.1 Å². The third kappa shape index (κ3) is 3.74. The first-order valence-corrected chi connectivity index (χ1v) is 7.59. The fourth-order valence-electron chi connectivity index (χ4n) is 3.22. The average Bonchev–Trinajstić information content (AvgIpc) is 2.62. The van der Waals surface area contributed by atoms with E-state index in [1.54, 1.807) is 0 Å². The number of hydrogen-bond acceptors (Lipinski definition) is 4. The highest BCUT2D eigenvalue weighted by Crippen LogP contribution is 2.37. The van der Waals surface area contributed by atoms with Crippen LogP contribution in [0.1, 0.15) is 47.0 Å². The van der Waals surface area contributed by atoms with E-state index < -0.39 is 0 Å². The Morgan fingerprint density at radius 2 is 2.05 bits per heavy atom. The van der Waals surface area contributed by atoms with Gasteiger partial charge in [-0.1, -0.05) is 24.1 Å². The second-order valence-corrected chi connectivity index (χ2v) is 6.22. The average molecular weight is 292 g/mol. The second-order valence-electron chi connectivity index (χ2n) is 6.22. The highest BCUT2D eigenvalue weighted by molar-refractivity contribution is 5.75. The minimum absolute atomic E-state index is 0.113. The SMILES string of the molecule is CC(=O)O[C@H]1CC(C)=CCCC(C)=C[C@H]2OC(=O)[C@@H](C)[C@H]12. The molecule has 2 rings (SSSR count). The molecule has 116 valence electrons. The van der Waals surface area contributed by atoms with Crippen molar-refractivity contribution in [2.45, 2.75) is 59.2 Å². The summed E-state index contributed by atoms with van der Waals surface area (Å²) in [6.45, 7) is 7.38. The van der Waals surface area contributed by atoms with Gasteiger partial charge in [-0.15, -0.1) is 0 Å². The molecule has 0 aromatic heterocycles. The number of fused-ring (bicyclic) bond motifs is 1. The van der Waals surface area contributed by atoms with E-state index in [-0.39, 0.29) is 36.0 Å². The Morgan fingerprint density at radius 3 is 2.71 bits per heavy atom. The first kappa shape index (κ1) is 15.8. The molecule has 2 aliphatic rings. The molecule has 1 aliphatic heterocycles. The molecule has 4 atom stereocenters. The van der Waals surface area contributed by atoms with Crippen LogP contribution in [0.5, 0.6) is 0 Å². The Hall–Kier alpha value is -1.58. The lowest BCUT2D eigenvalue weighted by molar-refractivity contribution is -0.150. The molecular formula is C17H24O4. The van der Waals surface area contributed by atoms with Crippen molar-refractivity contribution in [3.63, 3.8) is 0 Å². The van der Waals surface area contributed by atoms with Gasteiger partial charge in [-0.05, 0) is 32.8 Å². The van der Waals surface area contributed by atoms with Crippen molar-refractivity contribution in [3.05, 3.63) is 23.3 Å². The minimum Gasteiger partial charge on any atom is -0.462 e. The Labute approximate surface area is 126 Å². The van der Waals surface area contributed by atoms with Gasteiger partial charge in [-0.25, -0.2) is 0 Å². The summed E-state index contributed by atoms with van der Waals surface area (Å²) < 4.78 is 11.0. The number of carbonyl (C=O) groups is 2. The molecule has 0 aromatic rings. The van der Waals surface area contributed by atoms with Crippen molar-refractivity contribution >= 4 is 11.9 Å². The van der Waals surface area contributed by atoms with Gasteiger partial charge in [-0.2, -0.15) is 0 Å². The predicted molar refractivity (Wildman–Crippen MR) is 79.5 cm³/mol. The van der Waals surface area contributed by atoms with E-state index in [9.17, 15) is 9.59 Å². The van der Waals surface area contributed by atoms with E-state index in [1.807, 2.05) is 13.0 Å². The van der Waals surface area contributed by atoms with Gasteiger partial charge in [-0.3, -0.25) is 9.59 Å². The van der Waals surface area contributed by atoms with E-state index in [0.717, 1.165) is 12.8 Å². The minimum atomic E-state index is -0.313. The monoisotopic (exact) mass is 292 g/mol. The van der Waals surface area contributed by atoms with Crippen LogP contribution in [0.4, 0.5) is 0 Å². The lowest BCUT2D eigenvalue weighted by Crippen LogP contribution is -2.35. The molecule has 0 bridgehead atoms. The van der Waals surface area contributed by atoms with Gasteiger partial charge in [0.15, 0.2) is 0 Å². The Bertz CT molecular complexity index is 489. The van der Waals surface area contributed by atoms with Gasteiger partial charge in [0.1, 0.15) is 12.2 Å². The molecular weight excluding hydrogens is 268 g/mol. The van der Waals surface area contributed by atoms with E-state index >= 15 is 0 Å². The first-order chi connectivity index (χ1) is 9.88. The predicted octanol–water partition coefficient (Wildman–Crippen LogP) is 3.17. The van der Waals surface area contributed by atoms with Crippen LogP contribution in [-0.4, -0.2) is 24.1 Å². The third-order valence-corrected chi connectivity index (χ3v) is 4.33. The number of hydrogen-bond donors (Lipinski definition) is 0. The van der Waals surface area contributed by atoms with E-state index in [4.69, 9.17) is 9.47 Å². The maximum atomic E-state index is 11.9. The standard InChI is InChI=1S/C17H24O4/c1-10-6-5-7-11(2)9-15-16(12(3)17(19)21-15)14(8-10)20-13(4)18/h6,9,12,14-16H,5,7-8H2,1-4H3/t12-,14-,15+,16+/m0/s1. The molecule has 1 saturated heterocycles. The van der Waals surface area contributed by atoms with Crippen molar-refractivity contribution in [1.29, 1.82) is 0 Å². The van der Waals surface area contributed by atoms with Crippen LogP contribution in [0, 0.1) is 11.8 Å². The molecule has 0 spiro atoms. The molecule has 1 aliphatic carbocycles. The molecule has 4 nitrogen and oxygen atoms in total. The first-order valence-electron chi connectivity index (χ1n) is 7.59. The number of rotatable bonds is 1. The number of carbonyl (C=O) groups excluding carboxylic acids is 2. The summed E-state index contributed by atoms with van der Waals surface area (Å²) in [5, 5.41) is 0. The Kier molecular flexibility index (Phi) is 4.86. The highest BCUT2D eigenvalue weighted by Gasteiger charge is 2.46. The molecule has 0 saturated carbocycles. The van der Waals surface area contributed by atoms with Gasteiger partial charge in [0.05, 0.1) is 11.8 Å². The molecule has 1 heterocycles. The Morgan fingerprint density at radius 1 is 1.33 bits per heavy atom. The summed E-state index contributed by atoms with van der Waals surface area (Å²) in [5.74, 6) is -0.878. The topological polar surface area (TPSA) is 52.6 Å². The van der Waals surface area contributed by atoms with Crippen molar-refractivity contribution in [2.75, 3.05) is 0 Å². The summed E-state index contributed by atoms with van der Waals surface area (Å²) in [7, 11) is 0. The van der Waals surface area contributed by atoms with Crippen LogP contribution in [0.3, 0.4) is 0 Å². The maximum Gasteiger partial charge on any atom is 0.309 e. The highest BCUT2D eigenvalue weighted by atomic mass is 16.6. The largest absolute Gasteiger partial charge is 0.462 e. The molecule has 1 fully saturated rings. The smallest absolute Gasteiger partial charge is 0.309 e. The molecule has 0 radical (unpaired) electrons. The summed E-state index contributed by atoms with van der Waals surface area (Å²) in [4.78, 5) is 23.4. The normalized spacial score (nSPS) is 33.4. The van der Waals surface area contributed by atoms with Gasteiger partial charge in [0.25, 0.3) is 0 Å². The lowest BCUT2D eigenvalue weighted by Gasteiger charge is -2.28. The second kappa shape index (κ2) is 6.46.